The van der Waals surface area contributed by atoms with E-state index >= 15 is 0 Å². The lowest BCUT2D eigenvalue weighted by Crippen LogP contribution is -2.12. The van der Waals surface area contributed by atoms with Crippen LogP contribution in [0, 0.1) is 0 Å². The Morgan fingerprint density at radius 1 is 1.75 bits per heavy atom. The van der Waals surface area contributed by atoms with Crippen molar-refractivity contribution in [3.63, 3.8) is 0 Å². The average Bonchev–Trinajstić information content (AvgIpc) is 1.66. The van der Waals surface area contributed by atoms with E-state index in [0.29, 0.717) is 25.0 Å². The van der Waals surface area contributed by atoms with Crippen LogP contribution in [0.3, 0.4) is 0 Å². The topological polar surface area (TPSA) is 35.2 Å². The molecular weight excluding hydrogens is 122 g/mol. The second-order valence-corrected chi connectivity index (χ2v) is 2.59. The number of thiol groups is 1. The Morgan fingerprint density at radius 3 is 2.75 bits per heavy atom. The highest BCUT2D eigenvalue weighted by atomic mass is 32.1. The van der Waals surface area contributed by atoms with Gasteiger partial charge in [-0.05, 0) is 0 Å². The van der Waals surface area contributed by atoms with Crippen molar-refractivity contribution in [1.29, 1.82) is 0 Å². The maximum absolute atomic E-state index is 5.16. The Hall–Kier alpha value is 0.270. The van der Waals surface area contributed by atoms with Crippen LogP contribution in [0.25, 0.3) is 0 Å². The van der Waals surface area contributed by atoms with Crippen LogP contribution in [-0.2, 0) is 4.74 Å². The summed E-state index contributed by atoms with van der Waals surface area (Å²) in [6.45, 7) is 3.92. The highest BCUT2D eigenvalue weighted by molar-refractivity contribution is 7.80. The highest BCUT2D eigenvalue weighted by Crippen LogP contribution is 1.91. The molecule has 0 radical (unpaired) electrons. The van der Waals surface area contributed by atoms with Gasteiger partial charge in [0.25, 0.3) is 0 Å². The summed E-state index contributed by atoms with van der Waals surface area (Å²) in [5, 5.41) is 0.321. The second kappa shape index (κ2) is 5.41. The van der Waals surface area contributed by atoms with E-state index in [4.69, 9.17) is 10.5 Å². The van der Waals surface area contributed by atoms with E-state index in [2.05, 4.69) is 12.6 Å². The molecule has 8 heavy (non-hydrogen) atoms. The minimum absolute atomic E-state index is 0.321. The number of nitrogens with two attached hydrogens (primary N) is 1. The fraction of sp³-hybridized carbons (Fsp3) is 1.00. The summed E-state index contributed by atoms with van der Waals surface area (Å²) in [7, 11) is 0. The first-order valence-electron chi connectivity index (χ1n) is 2.73. The first kappa shape index (κ1) is 8.27. The van der Waals surface area contributed by atoms with Gasteiger partial charge in [0.15, 0.2) is 0 Å². The summed E-state index contributed by atoms with van der Waals surface area (Å²) in [5.41, 5.74) is 5.16. The molecule has 0 aromatic rings. The molecule has 2 N–H and O–H groups in total. The molecule has 0 bridgehead atoms. The maximum atomic E-state index is 5.16. The SMILES string of the molecule is CC(S)COCCN. The summed E-state index contributed by atoms with van der Waals surface area (Å²) in [5.74, 6) is 0. The highest BCUT2D eigenvalue weighted by Gasteiger charge is 1.90. The zero-order chi connectivity index (χ0) is 6.41. The van der Waals surface area contributed by atoms with Crippen LogP contribution in [0.1, 0.15) is 6.92 Å². The summed E-state index contributed by atoms with van der Waals surface area (Å²) in [6, 6.07) is 0. The molecule has 0 heterocycles. The van der Waals surface area contributed by atoms with Crippen molar-refractivity contribution in [2.75, 3.05) is 19.8 Å². The second-order valence-electron chi connectivity index (χ2n) is 1.71. The molecule has 0 saturated carbocycles. The summed E-state index contributed by atoms with van der Waals surface area (Å²) < 4.78 is 5.04. The number of rotatable bonds is 4. The van der Waals surface area contributed by atoms with Gasteiger partial charge in [0, 0.05) is 11.8 Å². The summed E-state index contributed by atoms with van der Waals surface area (Å²) in [4.78, 5) is 0. The maximum Gasteiger partial charge on any atom is 0.0589 e. The van der Waals surface area contributed by atoms with Crippen LogP contribution in [-0.4, -0.2) is 25.0 Å². The number of hydrogen-bond acceptors (Lipinski definition) is 3. The Bertz CT molecular complexity index is 49.7. The van der Waals surface area contributed by atoms with Crippen molar-refractivity contribution < 1.29 is 4.74 Å². The molecule has 0 aliphatic carbocycles. The van der Waals surface area contributed by atoms with Crippen molar-refractivity contribution in [3.8, 4) is 0 Å². The van der Waals surface area contributed by atoms with Crippen LogP contribution in [0.5, 0.6) is 0 Å². The lowest BCUT2D eigenvalue weighted by Gasteiger charge is -2.02. The molecule has 50 valence electrons. The van der Waals surface area contributed by atoms with E-state index in [1.54, 1.807) is 0 Å². The Labute approximate surface area is 55.8 Å². The summed E-state index contributed by atoms with van der Waals surface area (Å²) >= 11 is 4.11. The molecule has 0 fully saturated rings. The molecule has 0 aromatic heterocycles. The molecule has 1 unspecified atom stereocenters. The zero-order valence-corrected chi connectivity index (χ0v) is 6.03. The van der Waals surface area contributed by atoms with E-state index < -0.39 is 0 Å². The van der Waals surface area contributed by atoms with Gasteiger partial charge in [-0.3, -0.25) is 0 Å². The lowest BCUT2D eigenvalue weighted by atomic mass is 10.5. The van der Waals surface area contributed by atoms with Gasteiger partial charge in [-0.15, -0.1) is 0 Å². The van der Waals surface area contributed by atoms with Crippen LogP contribution < -0.4 is 5.73 Å². The fourth-order valence-corrected chi connectivity index (χ4v) is 0.443. The van der Waals surface area contributed by atoms with E-state index in [1.807, 2.05) is 6.92 Å². The number of hydrogen-bond donors (Lipinski definition) is 2. The minimum Gasteiger partial charge on any atom is -0.379 e. The van der Waals surface area contributed by atoms with E-state index in [1.165, 1.54) is 0 Å². The van der Waals surface area contributed by atoms with Gasteiger partial charge in [0.2, 0.25) is 0 Å². The van der Waals surface area contributed by atoms with E-state index in [-0.39, 0.29) is 0 Å². The van der Waals surface area contributed by atoms with Gasteiger partial charge in [0.05, 0.1) is 13.2 Å². The zero-order valence-electron chi connectivity index (χ0n) is 5.13. The Morgan fingerprint density at radius 2 is 2.38 bits per heavy atom. The monoisotopic (exact) mass is 135 g/mol. The molecule has 1 atom stereocenters. The molecule has 0 spiro atoms. The quantitative estimate of drug-likeness (QED) is 0.429. The third-order valence-corrected chi connectivity index (χ3v) is 0.770. The van der Waals surface area contributed by atoms with Crippen LogP contribution in [0.15, 0.2) is 0 Å². The third kappa shape index (κ3) is 6.27. The predicted molar refractivity (Wildman–Crippen MR) is 38.3 cm³/mol. The van der Waals surface area contributed by atoms with Crippen molar-refractivity contribution in [3.05, 3.63) is 0 Å². The normalized spacial score (nSPS) is 13.9. The molecule has 0 amide bonds. The molecule has 0 aliphatic rings. The number of ether oxygens (including phenoxy) is 1. The van der Waals surface area contributed by atoms with Gasteiger partial charge in [-0.25, -0.2) is 0 Å². The molecular formula is C5H13NOS. The first-order chi connectivity index (χ1) is 3.77. The first-order valence-corrected chi connectivity index (χ1v) is 3.25. The van der Waals surface area contributed by atoms with Crippen molar-refractivity contribution >= 4 is 12.6 Å². The third-order valence-electron chi connectivity index (χ3n) is 0.621. The average molecular weight is 135 g/mol. The standard InChI is InChI=1S/C5H13NOS/c1-5(8)4-7-3-2-6/h5,8H,2-4,6H2,1H3. The van der Waals surface area contributed by atoms with Gasteiger partial charge >= 0.3 is 0 Å². The van der Waals surface area contributed by atoms with Crippen LogP contribution >= 0.6 is 12.6 Å². The largest absolute Gasteiger partial charge is 0.379 e. The predicted octanol–water partition coefficient (Wildman–Crippen LogP) is 0.280. The lowest BCUT2D eigenvalue weighted by molar-refractivity contribution is 0.145. The smallest absolute Gasteiger partial charge is 0.0589 e. The van der Waals surface area contributed by atoms with Gasteiger partial charge < -0.3 is 10.5 Å². The molecule has 0 saturated heterocycles. The van der Waals surface area contributed by atoms with Crippen molar-refractivity contribution in [1.82, 2.24) is 0 Å². The summed E-state index contributed by atoms with van der Waals surface area (Å²) in [6.07, 6.45) is 0. The fourth-order valence-electron chi connectivity index (χ4n) is 0.337. The minimum atomic E-state index is 0.321. The van der Waals surface area contributed by atoms with E-state index in [9.17, 15) is 0 Å². The molecule has 0 aliphatic heterocycles. The van der Waals surface area contributed by atoms with Gasteiger partial charge in [-0.2, -0.15) is 12.6 Å². The van der Waals surface area contributed by atoms with Gasteiger partial charge in [-0.1, -0.05) is 6.92 Å². The molecule has 3 heteroatoms. The van der Waals surface area contributed by atoms with Crippen molar-refractivity contribution in [2.45, 2.75) is 12.2 Å². The van der Waals surface area contributed by atoms with Crippen molar-refractivity contribution in [2.24, 2.45) is 5.73 Å². The van der Waals surface area contributed by atoms with E-state index in [0.717, 1.165) is 0 Å². The van der Waals surface area contributed by atoms with Crippen LogP contribution in [0.4, 0.5) is 0 Å². The molecule has 0 aromatic carbocycles. The van der Waals surface area contributed by atoms with Gasteiger partial charge in [0.1, 0.15) is 0 Å². The Balaban J connectivity index is 2.72. The Kier molecular flexibility index (Phi) is 5.59. The van der Waals surface area contributed by atoms with Crippen LogP contribution in [0.2, 0.25) is 0 Å². The molecule has 2 nitrogen and oxygen atoms in total. The molecule has 0 rings (SSSR count).